The highest BCUT2D eigenvalue weighted by atomic mass is 16.6. The van der Waals surface area contributed by atoms with Crippen LogP contribution in [0.5, 0.6) is 23.0 Å². The highest BCUT2D eigenvalue weighted by Crippen LogP contribution is 2.30. The van der Waals surface area contributed by atoms with Crippen LogP contribution in [-0.4, -0.2) is 73.9 Å². The Morgan fingerprint density at radius 2 is 0.851 bits per heavy atom. The average molecular weight is 659 g/mol. The van der Waals surface area contributed by atoms with Crippen molar-refractivity contribution in [1.29, 1.82) is 0 Å². The molecular weight excluding hydrogens is 624 g/mol. The van der Waals surface area contributed by atoms with Crippen LogP contribution in [0.3, 0.4) is 0 Å². The maximum atomic E-state index is 12.8. The third-order valence-corrected chi connectivity index (χ3v) is 5.87. The summed E-state index contributed by atoms with van der Waals surface area (Å²) in [5.74, 6) is -6.54. The number of hydrogen-bond acceptors (Lipinski definition) is 14. The molecule has 2 aromatic rings. The first kappa shape index (κ1) is 37.4. The predicted octanol–water partition coefficient (Wildman–Crippen LogP) is 0.879. The van der Waals surface area contributed by atoms with Gasteiger partial charge >= 0.3 is 35.8 Å². The standard InChI is InChI=1S/C31H34N2O14/c1-16(34)44-24-9-7-20(13-26(24)46-18(3)36)11-22(30(40)42-5)32-28(38)15-29(39)33-23(31(41)43-6)12-21-8-10-25(45-17(2)35)27(14-21)47-19(4)37/h7-10,13-14,22-23H,11-12,15H2,1-6H3,(H,32,38)(H,33,39)/t22-,23-/m0/s1. The number of carbonyl (C=O) groups is 8. The molecule has 2 rings (SSSR count). The Labute approximate surface area is 268 Å². The van der Waals surface area contributed by atoms with E-state index in [1.54, 1.807) is 0 Å². The average Bonchev–Trinajstić information content (AvgIpc) is 2.97. The van der Waals surface area contributed by atoms with E-state index in [4.69, 9.17) is 28.4 Å². The predicted molar refractivity (Wildman–Crippen MR) is 158 cm³/mol. The Kier molecular flexibility index (Phi) is 14.0. The number of carbonyl (C=O) groups excluding carboxylic acids is 8. The lowest BCUT2D eigenvalue weighted by molar-refractivity contribution is -0.146. The van der Waals surface area contributed by atoms with E-state index >= 15 is 0 Å². The molecule has 47 heavy (non-hydrogen) atoms. The number of benzene rings is 2. The van der Waals surface area contributed by atoms with Gasteiger partial charge in [0.15, 0.2) is 23.0 Å². The van der Waals surface area contributed by atoms with Gasteiger partial charge in [-0.2, -0.15) is 0 Å². The molecule has 0 saturated carbocycles. The highest BCUT2D eigenvalue weighted by Gasteiger charge is 2.27. The van der Waals surface area contributed by atoms with Crippen molar-refractivity contribution in [3.63, 3.8) is 0 Å². The van der Waals surface area contributed by atoms with Gasteiger partial charge in [0.1, 0.15) is 18.5 Å². The summed E-state index contributed by atoms with van der Waals surface area (Å²) in [4.78, 5) is 96.4. The van der Waals surface area contributed by atoms with E-state index in [1.165, 1.54) is 36.4 Å². The molecule has 0 radical (unpaired) electrons. The van der Waals surface area contributed by atoms with Crippen LogP contribution in [-0.2, 0) is 60.7 Å². The topological polar surface area (TPSA) is 216 Å². The summed E-state index contributed by atoms with van der Waals surface area (Å²) in [5.41, 5.74) is 0.742. The van der Waals surface area contributed by atoms with Crippen LogP contribution in [0.15, 0.2) is 36.4 Å². The van der Waals surface area contributed by atoms with Crippen molar-refractivity contribution in [1.82, 2.24) is 10.6 Å². The highest BCUT2D eigenvalue weighted by molar-refractivity contribution is 5.99. The van der Waals surface area contributed by atoms with Gasteiger partial charge < -0.3 is 39.1 Å². The maximum Gasteiger partial charge on any atom is 0.328 e. The molecule has 252 valence electrons. The van der Waals surface area contributed by atoms with Gasteiger partial charge in [-0.15, -0.1) is 0 Å². The second-order valence-electron chi connectivity index (χ2n) is 9.81. The van der Waals surface area contributed by atoms with Crippen LogP contribution < -0.4 is 29.6 Å². The molecule has 16 nitrogen and oxygen atoms in total. The molecule has 0 aromatic heterocycles. The number of amides is 2. The second-order valence-corrected chi connectivity index (χ2v) is 9.81. The van der Waals surface area contributed by atoms with Crippen LogP contribution in [0.1, 0.15) is 45.2 Å². The SMILES string of the molecule is COC(=O)[C@H](Cc1ccc(OC(C)=O)c(OC(C)=O)c1)NC(=O)CC(=O)N[C@@H](Cc1ccc(OC(C)=O)c(OC(C)=O)c1)C(=O)OC. The minimum absolute atomic E-state index is 0.0464. The first-order valence-corrected chi connectivity index (χ1v) is 13.9. The summed E-state index contributed by atoms with van der Waals surface area (Å²) in [5, 5.41) is 4.79. The number of rotatable bonds is 14. The third kappa shape index (κ3) is 12.6. The molecule has 0 unspecified atom stereocenters. The van der Waals surface area contributed by atoms with Crippen LogP contribution in [0.25, 0.3) is 0 Å². The maximum absolute atomic E-state index is 12.8. The fourth-order valence-corrected chi connectivity index (χ4v) is 4.09. The van der Waals surface area contributed by atoms with E-state index in [0.717, 1.165) is 41.9 Å². The molecular formula is C31H34N2O14. The van der Waals surface area contributed by atoms with Crippen molar-refractivity contribution < 1.29 is 66.8 Å². The monoisotopic (exact) mass is 658 g/mol. The van der Waals surface area contributed by atoms with Crippen LogP contribution in [0, 0.1) is 0 Å². The Balaban J connectivity index is 2.18. The smallest absolute Gasteiger partial charge is 0.328 e. The lowest BCUT2D eigenvalue weighted by Gasteiger charge is -2.19. The summed E-state index contributed by atoms with van der Waals surface area (Å²) in [6, 6.07) is 5.69. The first-order valence-electron chi connectivity index (χ1n) is 13.9. The fraction of sp³-hybridized carbons (Fsp3) is 0.355. The molecule has 0 aliphatic carbocycles. The lowest BCUT2D eigenvalue weighted by Crippen LogP contribution is -2.47. The molecule has 16 heteroatoms. The summed E-state index contributed by atoms with van der Waals surface area (Å²) < 4.78 is 29.8. The molecule has 2 atom stereocenters. The molecule has 0 fully saturated rings. The number of hydrogen-bond donors (Lipinski definition) is 2. The van der Waals surface area contributed by atoms with Crippen molar-refractivity contribution in [2.75, 3.05) is 14.2 Å². The summed E-state index contributed by atoms with van der Waals surface area (Å²) in [6.07, 6.45) is -1.16. The molecule has 0 aliphatic heterocycles. The molecule has 0 bridgehead atoms. The normalized spacial score (nSPS) is 11.5. The number of nitrogens with one attached hydrogen (secondary N) is 2. The van der Waals surface area contributed by atoms with E-state index in [1.807, 2.05) is 0 Å². The van der Waals surface area contributed by atoms with Gasteiger partial charge in [0.05, 0.1) is 14.2 Å². The number of ether oxygens (including phenoxy) is 6. The largest absolute Gasteiger partial charge is 0.467 e. The van der Waals surface area contributed by atoms with Crippen LogP contribution >= 0.6 is 0 Å². The Morgan fingerprint density at radius 1 is 0.532 bits per heavy atom. The summed E-state index contributed by atoms with van der Waals surface area (Å²) in [6.45, 7) is 4.59. The van der Waals surface area contributed by atoms with Gasteiger partial charge in [0.2, 0.25) is 11.8 Å². The van der Waals surface area contributed by atoms with Gasteiger partial charge in [-0.25, -0.2) is 9.59 Å². The molecule has 2 aromatic carbocycles. The van der Waals surface area contributed by atoms with Gasteiger partial charge in [-0.05, 0) is 35.4 Å². The third-order valence-electron chi connectivity index (χ3n) is 5.87. The molecule has 0 saturated heterocycles. The van der Waals surface area contributed by atoms with Crippen molar-refractivity contribution in [3.05, 3.63) is 47.5 Å². The van der Waals surface area contributed by atoms with E-state index in [0.29, 0.717) is 11.1 Å². The van der Waals surface area contributed by atoms with Crippen molar-refractivity contribution in [2.45, 2.75) is 59.0 Å². The molecule has 0 aliphatic rings. The van der Waals surface area contributed by atoms with Gasteiger partial charge in [0, 0.05) is 40.5 Å². The lowest BCUT2D eigenvalue weighted by atomic mass is 10.0. The van der Waals surface area contributed by atoms with Crippen LogP contribution in [0.2, 0.25) is 0 Å². The van der Waals surface area contributed by atoms with Crippen molar-refractivity contribution >= 4 is 47.6 Å². The first-order chi connectivity index (χ1) is 22.1. The van der Waals surface area contributed by atoms with E-state index in [2.05, 4.69) is 10.6 Å². The minimum Gasteiger partial charge on any atom is -0.467 e. The van der Waals surface area contributed by atoms with Crippen LogP contribution in [0.4, 0.5) is 0 Å². The zero-order chi connectivity index (χ0) is 35.3. The second kappa shape index (κ2) is 17.6. The van der Waals surface area contributed by atoms with Crippen molar-refractivity contribution in [3.8, 4) is 23.0 Å². The van der Waals surface area contributed by atoms with Gasteiger partial charge in [0.25, 0.3) is 0 Å². The number of esters is 6. The Hall–Kier alpha value is -5.80. The van der Waals surface area contributed by atoms with Gasteiger partial charge in [-0.1, -0.05) is 12.1 Å². The van der Waals surface area contributed by atoms with Crippen molar-refractivity contribution in [2.24, 2.45) is 0 Å². The molecule has 2 N–H and O–H groups in total. The number of methoxy groups -OCH3 is 2. The molecule has 2 amide bonds. The zero-order valence-corrected chi connectivity index (χ0v) is 26.5. The van der Waals surface area contributed by atoms with E-state index in [-0.39, 0.29) is 35.8 Å². The van der Waals surface area contributed by atoms with E-state index < -0.39 is 66.1 Å². The Morgan fingerprint density at radius 3 is 1.15 bits per heavy atom. The minimum atomic E-state index is -1.29. The molecule has 0 spiro atoms. The Bertz CT molecular complexity index is 1440. The van der Waals surface area contributed by atoms with Gasteiger partial charge in [-0.3, -0.25) is 28.8 Å². The van der Waals surface area contributed by atoms with E-state index in [9.17, 15) is 38.4 Å². The summed E-state index contributed by atoms with van der Waals surface area (Å²) >= 11 is 0. The quantitative estimate of drug-likeness (QED) is 0.164. The fourth-order valence-electron chi connectivity index (χ4n) is 4.09. The molecule has 0 heterocycles. The summed E-state index contributed by atoms with van der Waals surface area (Å²) in [7, 11) is 2.18. The zero-order valence-electron chi connectivity index (χ0n) is 26.5.